The second kappa shape index (κ2) is 11.0. The average Bonchev–Trinajstić information content (AvgIpc) is 2.48. The number of rotatable bonds is 12. The van der Waals surface area contributed by atoms with Crippen molar-refractivity contribution in [1.82, 2.24) is 0 Å². The molecule has 1 heterocycles. The van der Waals surface area contributed by atoms with Crippen molar-refractivity contribution >= 4 is 5.97 Å². The fraction of sp³-hybridized carbons (Fsp3) is 0.947. The van der Waals surface area contributed by atoms with E-state index in [1.54, 1.807) is 0 Å². The summed E-state index contributed by atoms with van der Waals surface area (Å²) in [5.74, 6) is -1.48. The summed E-state index contributed by atoms with van der Waals surface area (Å²) in [4.78, 5) is 10.5. The Labute approximate surface area is 141 Å². The lowest BCUT2D eigenvalue weighted by Crippen LogP contribution is -2.45. The van der Waals surface area contributed by atoms with E-state index in [2.05, 4.69) is 6.92 Å². The summed E-state index contributed by atoms with van der Waals surface area (Å²) >= 11 is 0. The molecule has 0 aromatic carbocycles. The SMILES string of the molecule is CCCCCCC1CCC(CCCCCCC(=O)O)C(C)(O)O1. The molecule has 0 amide bonds. The second-order valence-electron chi connectivity index (χ2n) is 7.26. The van der Waals surface area contributed by atoms with Crippen LogP contribution in [0.4, 0.5) is 0 Å². The lowest BCUT2D eigenvalue weighted by molar-refractivity contribution is -0.274. The van der Waals surface area contributed by atoms with Gasteiger partial charge >= 0.3 is 5.97 Å². The van der Waals surface area contributed by atoms with Crippen molar-refractivity contribution in [3.05, 3.63) is 0 Å². The van der Waals surface area contributed by atoms with Gasteiger partial charge in [0.2, 0.25) is 0 Å². The van der Waals surface area contributed by atoms with Crippen molar-refractivity contribution in [3.8, 4) is 0 Å². The molecule has 1 rings (SSSR count). The zero-order chi connectivity index (χ0) is 17.1. The zero-order valence-electron chi connectivity index (χ0n) is 15.1. The maximum atomic E-state index is 10.6. The van der Waals surface area contributed by atoms with Crippen LogP contribution in [-0.4, -0.2) is 28.1 Å². The molecule has 1 aliphatic heterocycles. The maximum Gasteiger partial charge on any atom is 0.303 e. The van der Waals surface area contributed by atoms with E-state index in [9.17, 15) is 9.90 Å². The third kappa shape index (κ3) is 8.71. The molecule has 0 aromatic rings. The topological polar surface area (TPSA) is 66.8 Å². The highest BCUT2D eigenvalue weighted by atomic mass is 16.6. The van der Waals surface area contributed by atoms with Crippen LogP contribution in [0.5, 0.6) is 0 Å². The average molecular weight is 328 g/mol. The summed E-state index contributed by atoms with van der Waals surface area (Å²) in [5.41, 5.74) is 0. The Balaban J connectivity index is 2.17. The highest BCUT2D eigenvalue weighted by Gasteiger charge is 2.38. The predicted octanol–water partition coefficient (Wildman–Crippen LogP) is 4.89. The number of carbonyl (C=O) groups is 1. The normalized spacial score (nSPS) is 28.0. The Morgan fingerprint density at radius 3 is 2.35 bits per heavy atom. The van der Waals surface area contributed by atoms with Crippen molar-refractivity contribution < 1.29 is 19.7 Å². The third-order valence-corrected chi connectivity index (χ3v) is 5.07. The van der Waals surface area contributed by atoms with Gasteiger partial charge in [0.15, 0.2) is 5.79 Å². The Hall–Kier alpha value is -0.610. The van der Waals surface area contributed by atoms with Crippen LogP contribution >= 0.6 is 0 Å². The van der Waals surface area contributed by atoms with Gasteiger partial charge < -0.3 is 14.9 Å². The highest BCUT2D eigenvalue weighted by molar-refractivity contribution is 5.66. The van der Waals surface area contributed by atoms with Gasteiger partial charge in [-0.25, -0.2) is 0 Å². The van der Waals surface area contributed by atoms with E-state index < -0.39 is 11.8 Å². The molecule has 0 aliphatic carbocycles. The lowest BCUT2D eigenvalue weighted by atomic mass is 9.84. The van der Waals surface area contributed by atoms with E-state index in [4.69, 9.17) is 9.84 Å². The summed E-state index contributed by atoms with van der Waals surface area (Å²) < 4.78 is 5.95. The molecule has 4 heteroatoms. The minimum Gasteiger partial charge on any atom is -0.481 e. The van der Waals surface area contributed by atoms with Crippen molar-refractivity contribution in [2.75, 3.05) is 0 Å². The summed E-state index contributed by atoms with van der Waals surface area (Å²) in [6.07, 6.45) is 13.4. The highest BCUT2D eigenvalue weighted by Crippen LogP contribution is 2.37. The van der Waals surface area contributed by atoms with Gasteiger partial charge in [0.25, 0.3) is 0 Å². The molecular formula is C19H36O4. The van der Waals surface area contributed by atoms with E-state index in [-0.39, 0.29) is 18.4 Å². The minimum atomic E-state index is -0.991. The van der Waals surface area contributed by atoms with E-state index in [0.29, 0.717) is 0 Å². The summed E-state index contributed by atoms with van der Waals surface area (Å²) in [6, 6.07) is 0. The van der Waals surface area contributed by atoms with Gasteiger partial charge in [-0.15, -0.1) is 0 Å². The molecule has 0 bridgehead atoms. The Morgan fingerprint density at radius 2 is 1.70 bits per heavy atom. The molecule has 1 fully saturated rings. The number of carboxylic acids is 1. The fourth-order valence-electron chi connectivity index (χ4n) is 3.58. The van der Waals surface area contributed by atoms with Gasteiger partial charge in [0.05, 0.1) is 6.10 Å². The molecule has 0 aromatic heterocycles. The largest absolute Gasteiger partial charge is 0.481 e. The Morgan fingerprint density at radius 1 is 1.04 bits per heavy atom. The van der Waals surface area contributed by atoms with Crippen LogP contribution in [0.3, 0.4) is 0 Å². The number of ether oxygens (including phenoxy) is 1. The second-order valence-corrected chi connectivity index (χ2v) is 7.26. The molecular weight excluding hydrogens is 292 g/mol. The van der Waals surface area contributed by atoms with Crippen LogP contribution in [0.1, 0.15) is 97.3 Å². The van der Waals surface area contributed by atoms with Crippen molar-refractivity contribution in [3.63, 3.8) is 0 Å². The molecule has 0 spiro atoms. The van der Waals surface area contributed by atoms with Crippen molar-refractivity contribution in [2.45, 2.75) is 109 Å². The molecule has 0 saturated carbocycles. The molecule has 1 aliphatic rings. The number of aliphatic hydroxyl groups is 1. The predicted molar refractivity (Wildman–Crippen MR) is 92.3 cm³/mol. The van der Waals surface area contributed by atoms with Gasteiger partial charge in [0.1, 0.15) is 0 Å². The Bertz CT molecular complexity index is 327. The van der Waals surface area contributed by atoms with Crippen LogP contribution in [0, 0.1) is 5.92 Å². The Kier molecular flexibility index (Phi) is 9.80. The molecule has 136 valence electrons. The fourth-order valence-corrected chi connectivity index (χ4v) is 3.58. The van der Waals surface area contributed by atoms with E-state index in [1.165, 1.54) is 25.7 Å². The smallest absolute Gasteiger partial charge is 0.303 e. The number of unbranched alkanes of at least 4 members (excludes halogenated alkanes) is 6. The third-order valence-electron chi connectivity index (χ3n) is 5.07. The van der Waals surface area contributed by atoms with Gasteiger partial charge in [-0.3, -0.25) is 4.79 Å². The number of aliphatic carboxylic acids is 1. The number of hydrogen-bond donors (Lipinski definition) is 2. The minimum absolute atomic E-state index is 0.216. The molecule has 1 saturated heterocycles. The van der Waals surface area contributed by atoms with E-state index in [0.717, 1.165) is 51.4 Å². The molecule has 3 unspecified atom stereocenters. The first-order valence-electron chi connectivity index (χ1n) is 9.57. The quantitative estimate of drug-likeness (QED) is 0.501. The van der Waals surface area contributed by atoms with Gasteiger partial charge in [0, 0.05) is 12.3 Å². The van der Waals surface area contributed by atoms with Gasteiger partial charge in [-0.05, 0) is 39.0 Å². The van der Waals surface area contributed by atoms with Crippen LogP contribution in [0.25, 0.3) is 0 Å². The molecule has 4 nitrogen and oxygen atoms in total. The van der Waals surface area contributed by atoms with Crippen molar-refractivity contribution in [2.24, 2.45) is 5.92 Å². The van der Waals surface area contributed by atoms with E-state index in [1.807, 2.05) is 6.92 Å². The van der Waals surface area contributed by atoms with Crippen LogP contribution in [0.2, 0.25) is 0 Å². The molecule has 23 heavy (non-hydrogen) atoms. The van der Waals surface area contributed by atoms with Crippen LogP contribution in [0.15, 0.2) is 0 Å². The summed E-state index contributed by atoms with van der Waals surface area (Å²) in [5, 5.41) is 19.2. The van der Waals surface area contributed by atoms with E-state index >= 15 is 0 Å². The standard InChI is InChI=1S/C19H36O4/c1-3-4-5-9-12-17-15-14-16(19(2,22)23-17)11-8-6-7-10-13-18(20)21/h16-17,22H,3-15H2,1-2H3,(H,20,21). The van der Waals surface area contributed by atoms with Crippen molar-refractivity contribution in [1.29, 1.82) is 0 Å². The van der Waals surface area contributed by atoms with Crippen LogP contribution in [-0.2, 0) is 9.53 Å². The number of carboxylic acid groups (broad SMARTS) is 1. The first kappa shape index (κ1) is 20.4. The maximum absolute atomic E-state index is 10.6. The van der Waals surface area contributed by atoms with Gasteiger partial charge in [-0.2, -0.15) is 0 Å². The first-order chi connectivity index (χ1) is 11.0. The summed E-state index contributed by atoms with van der Waals surface area (Å²) in [7, 11) is 0. The number of hydrogen-bond acceptors (Lipinski definition) is 3. The molecule has 0 radical (unpaired) electrons. The molecule has 2 N–H and O–H groups in total. The molecule has 3 atom stereocenters. The van der Waals surface area contributed by atoms with Crippen LogP contribution < -0.4 is 0 Å². The lowest BCUT2D eigenvalue weighted by Gasteiger charge is -2.41. The monoisotopic (exact) mass is 328 g/mol. The zero-order valence-corrected chi connectivity index (χ0v) is 15.1. The summed E-state index contributed by atoms with van der Waals surface area (Å²) in [6.45, 7) is 4.04. The van der Waals surface area contributed by atoms with Gasteiger partial charge in [-0.1, -0.05) is 51.9 Å². The first-order valence-corrected chi connectivity index (χ1v) is 9.57.